The van der Waals surface area contributed by atoms with E-state index in [1.54, 1.807) is 7.11 Å². The number of ether oxygens (including phenoxy) is 1. The van der Waals surface area contributed by atoms with Crippen LogP contribution in [0.25, 0.3) is 11.0 Å². The Balaban J connectivity index is 1.69. The molecule has 0 bridgehead atoms. The molecule has 5 nitrogen and oxygen atoms in total. The number of hydrogen-bond donors (Lipinski definition) is 0. The number of anilines is 1. The first-order chi connectivity index (χ1) is 12.7. The van der Waals surface area contributed by atoms with Gasteiger partial charge in [0.25, 0.3) is 0 Å². The lowest BCUT2D eigenvalue weighted by molar-refractivity contribution is -0.117. The van der Waals surface area contributed by atoms with E-state index in [1.807, 2.05) is 53.4 Å². The van der Waals surface area contributed by atoms with E-state index in [9.17, 15) is 4.79 Å². The molecule has 1 atom stereocenters. The van der Waals surface area contributed by atoms with Crippen molar-refractivity contribution in [1.82, 2.24) is 9.55 Å². The van der Waals surface area contributed by atoms with E-state index in [0.29, 0.717) is 19.5 Å². The summed E-state index contributed by atoms with van der Waals surface area (Å²) < 4.78 is 7.45. The van der Waals surface area contributed by atoms with E-state index in [-0.39, 0.29) is 11.8 Å². The molecule has 2 aromatic carbocycles. The highest BCUT2D eigenvalue weighted by molar-refractivity contribution is 5.96. The molecule has 0 radical (unpaired) electrons. The van der Waals surface area contributed by atoms with Gasteiger partial charge in [0.05, 0.1) is 18.1 Å². The van der Waals surface area contributed by atoms with Crippen molar-refractivity contribution in [3.8, 4) is 5.75 Å². The van der Waals surface area contributed by atoms with Crippen molar-refractivity contribution >= 4 is 22.6 Å². The number of nitrogens with zero attached hydrogens (tertiary/aromatic N) is 3. The van der Waals surface area contributed by atoms with Gasteiger partial charge < -0.3 is 14.2 Å². The molecule has 0 saturated carbocycles. The Kier molecular flexibility index (Phi) is 4.21. The number of carbonyl (C=O) groups is 1. The fourth-order valence-corrected chi connectivity index (χ4v) is 3.64. The highest BCUT2D eigenvalue weighted by atomic mass is 16.5. The number of amides is 1. The molecule has 1 amide bonds. The van der Waals surface area contributed by atoms with Gasteiger partial charge in [-0.05, 0) is 24.3 Å². The minimum Gasteiger partial charge on any atom is -0.497 e. The Morgan fingerprint density at radius 3 is 2.92 bits per heavy atom. The molecule has 4 rings (SSSR count). The fourth-order valence-electron chi connectivity index (χ4n) is 3.64. The molecule has 5 heteroatoms. The summed E-state index contributed by atoms with van der Waals surface area (Å²) in [6, 6.07) is 15.7. The van der Waals surface area contributed by atoms with Crippen LogP contribution in [0.5, 0.6) is 5.75 Å². The average molecular weight is 347 g/mol. The summed E-state index contributed by atoms with van der Waals surface area (Å²) in [5.41, 5.74) is 2.90. The van der Waals surface area contributed by atoms with Crippen LogP contribution in [0.1, 0.15) is 18.2 Å². The lowest BCUT2D eigenvalue weighted by Crippen LogP contribution is -2.24. The predicted molar refractivity (Wildman–Crippen MR) is 103 cm³/mol. The third-order valence-corrected chi connectivity index (χ3v) is 4.85. The molecule has 1 aromatic heterocycles. The van der Waals surface area contributed by atoms with Gasteiger partial charge in [-0.3, -0.25) is 4.79 Å². The molecule has 0 aliphatic carbocycles. The second-order valence-electron chi connectivity index (χ2n) is 6.46. The highest BCUT2D eigenvalue weighted by Gasteiger charge is 2.34. The Hall–Kier alpha value is -3.08. The largest absolute Gasteiger partial charge is 0.497 e. The number of fused-ring (bicyclic) bond motifs is 1. The molecule has 1 aliphatic rings. The first-order valence-corrected chi connectivity index (χ1v) is 8.71. The van der Waals surface area contributed by atoms with Gasteiger partial charge in [-0.25, -0.2) is 4.98 Å². The Morgan fingerprint density at radius 1 is 1.27 bits per heavy atom. The number of imidazole rings is 1. The van der Waals surface area contributed by atoms with Gasteiger partial charge in [-0.2, -0.15) is 0 Å². The van der Waals surface area contributed by atoms with E-state index in [0.717, 1.165) is 28.3 Å². The second kappa shape index (κ2) is 6.67. The molecular formula is C21H21N3O2. The Bertz CT molecular complexity index is 976. The number of methoxy groups -OCH3 is 1. The van der Waals surface area contributed by atoms with Crippen LogP contribution in [0.3, 0.4) is 0 Å². The monoisotopic (exact) mass is 347 g/mol. The molecule has 1 fully saturated rings. The van der Waals surface area contributed by atoms with E-state index < -0.39 is 0 Å². The number of carbonyl (C=O) groups excluding carboxylic acids is 1. The first-order valence-electron chi connectivity index (χ1n) is 8.71. The van der Waals surface area contributed by atoms with E-state index in [4.69, 9.17) is 9.72 Å². The minimum atomic E-state index is 0.0565. The van der Waals surface area contributed by atoms with E-state index in [2.05, 4.69) is 17.2 Å². The third-order valence-electron chi connectivity index (χ3n) is 4.85. The van der Waals surface area contributed by atoms with Gasteiger partial charge in [0, 0.05) is 37.2 Å². The van der Waals surface area contributed by atoms with Crippen molar-refractivity contribution in [3.63, 3.8) is 0 Å². The molecule has 26 heavy (non-hydrogen) atoms. The standard InChI is InChI=1S/C21H21N3O2/c1-3-11-23-19-10-5-4-9-18(19)22-21(23)15-12-20(25)24(14-15)16-7-6-8-17(13-16)26-2/h3-10,13,15H,1,11-12,14H2,2H3. The first kappa shape index (κ1) is 16.4. The van der Waals surface area contributed by atoms with Gasteiger partial charge in [0.1, 0.15) is 11.6 Å². The third kappa shape index (κ3) is 2.75. The topological polar surface area (TPSA) is 47.4 Å². The van der Waals surface area contributed by atoms with Gasteiger partial charge >= 0.3 is 0 Å². The van der Waals surface area contributed by atoms with Crippen LogP contribution in [-0.2, 0) is 11.3 Å². The lowest BCUT2D eigenvalue weighted by Gasteiger charge is -2.18. The van der Waals surface area contributed by atoms with Crippen LogP contribution in [0.2, 0.25) is 0 Å². The zero-order valence-electron chi connectivity index (χ0n) is 14.8. The van der Waals surface area contributed by atoms with Crippen molar-refractivity contribution in [2.45, 2.75) is 18.9 Å². The van der Waals surface area contributed by atoms with E-state index in [1.165, 1.54) is 0 Å². The summed E-state index contributed by atoms with van der Waals surface area (Å²) in [5.74, 6) is 1.86. The number of allylic oxidation sites excluding steroid dienone is 1. The van der Waals surface area contributed by atoms with Crippen molar-refractivity contribution in [2.75, 3.05) is 18.6 Å². The SMILES string of the molecule is C=CCn1c(C2CC(=O)N(c3cccc(OC)c3)C2)nc2ccccc21. The van der Waals surface area contributed by atoms with Crippen LogP contribution < -0.4 is 9.64 Å². The second-order valence-corrected chi connectivity index (χ2v) is 6.46. The summed E-state index contributed by atoms with van der Waals surface area (Å²) in [5, 5.41) is 0. The van der Waals surface area contributed by atoms with Crippen LogP contribution in [0, 0.1) is 0 Å². The van der Waals surface area contributed by atoms with Crippen molar-refractivity contribution in [3.05, 3.63) is 67.0 Å². The maximum Gasteiger partial charge on any atom is 0.227 e. The molecule has 1 unspecified atom stereocenters. The molecule has 132 valence electrons. The summed E-state index contributed by atoms with van der Waals surface area (Å²) in [6.45, 7) is 5.16. The summed E-state index contributed by atoms with van der Waals surface area (Å²) in [6.07, 6.45) is 2.33. The van der Waals surface area contributed by atoms with Crippen LogP contribution >= 0.6 is 0 Å². The van der Waals surface area contributed by atoms with Crippen LogP contribution in [-0.4, -0.2) is 29.1 Å². The van der Waals surface area contributed by atoms with Crippen LogP contribution in [0.4, 0.5) is 5.69 Å². The van der Waals surface area contributed by atoms with Crippen molar-refractivity contribution in [1.29, 1.82) is 0 Å². The number of benzene rings is 2. The van der Waals surface area contributed by atoms with Gasteiger partial charge in [0.15, 0.2) is 0 Å². The number of rotatable bonds is 5. The molecule has 3 aromatic rings. The summed E-state index contributed by atoms with van der Waals surface area (Å²) in [7, 11) is 1.63. The quantitative estimate of drug-likeness (QED) is 0.661. The minimum absolute atomic E-state index is 0.0565. The molecule has 0 N–H and O–H groups in total. The highest BCUT2D eigenvalue weighted by Crippen LogP contribution is 2.34. The Morgan fingerprint density at radius 2 is 2.12 bits per heavy atom. The maximum absolute atomic E-state index is 12.7. The summed E-state index contributed by atoms with van der Waals surface area (Å²) in [4.78, 5) is 19.3. The molecular weight excluding hydrogens is 326 g/mol. The van der Waals surface area contributed by atoms with Crippen LogP contribution in [0.15, 0.2) is 61.2 Å². The smallest absolute Gasteiger partial charge is 0.227 e. The van der Waals surface area contributed by atoms with Gasteiger partial charge in [0.2, 0.25) is 5.91 Å². The summed E-state index contributed by atoms with van der Waals surface area (Å²) >= 11 is 0. The predicted octanol–water partition coefficient (Wildman–Crippen LogP) is 3.75. The average Bonchev–Trinajstić information content (AvgIpc) is 3.23. The molecule has 1 saturated heterocycles. The zero-order chi connectivity index (χ0) is 18.1. The number of aromatic nitrogens is 2. The van der Waals surface area contributed by atoms with Crippen molar-refractivity contribution < 1.29 is 9.53 Å². The zero-order valence-corrected chi connectivity index (χ0v) is 14.8. The number of hydrogen-bond acceptors (Lipinski definition) is 3. The lowest BCUT2D eigenvalue weighted by atomic mass is 10.1. The molecule has 0 spiro atoms. The van der Waals surface area contributed by atoms with E-state index >= 15 is 0 Å². The fraction of sp³-hybridized carbons (Fsp3) is 0.238. The molecule has 2 heterocycles. The number of para-hydroxylation sites is 2. The molecule has 1 aliphatic heterocycles. The normalized spacial score (nSPS) is 17.0. The van der Waals surface area contributed by atoms with Gasteiger partial charge in [-0.15, -0.1) is 6.58 Å². The Labute approximate surface area is 152 Å². The maximum atomic E-state index is 12.7. The van der Waals surface area contributed by atoms with Crippen molar-refractivity contribution in [2.24, 2.45) is 0 Å². The van der Waals surface area contributed by atoms with Gasteiger partial charge in [-0.1, -0.05) is 24.3 Å².